The number of hydrogen-bond donors (Lipinski definition) is 5. The van der Waals surface area contributed by atoms with Gasteiger partial charge in [0.1, 0.15) is 31.0 Å². The van der Waals surface area contributed by atoms with E-state index in [0.29, 0.717) is 4.48 Å². The van der Waals surface area contributed by atoms with Crippen LogP contribution in [0.5, 0.6) is 0 Å². The number of aliphatic hydroxyl groups excluding tert-OH is 5. The summed E-state index contributed by atoms with van der Waals surface area (Å²) in [4.78, 5) is 0. The fraction of sp³-hybridized carbons (Fsp3) is 1.00. The number of rotatable bonds is 15. The number of likely N-dealkylation sites (N-methyl/N-ethyl adjacent to an activating group) is 1. The summed E-state index contributed by atoms with van der Waals surface area (Å²) in [6.45, 7) is 2.74. The third kappa shape index (κ3) is 10.6. The van der Waals surface area contributed by atoms with Gasteiger partial charge in [0, 0.05) is 0 Å². The van der Waals surface area contributed by atoms with Crippen molar-refractivity contribution in [3.63, 3.8) is 0 Å². The van der Waals surface area contributed by atoms with Crippen LogP contribution in [-0.4, -0.2) is 88.2 Å². The van der Waals surface area contributed by atoms with Crippen LogP contribution in [-0.2, 0) is 0 Å². The smallest absolute Gasteiger partial charge is 0.131 e. The number of aliphatic hydroxyl groups is 5. The molecule has 6 nitrogen and oxygen atoms in total. The van der Waals surface area contributed by atoms with Crippen molar-refractivity contribution in [1.29, 1.82) is 0 Å². The summed E-state index contributed by atoms with van der Waals surface area (Å²) < 4.78 is 0.538. The molecule has 0 aliphatic rings. The van der Waals surface area contributed by atoms with Gasteiger partial charge in [-0.2, -0.15) is 0 Å². The van der Waals surface area contributed by atoms with Crippen LogP contribution < -0.4 is 0 Å². The van der Waals surface area contributed by atoms with Gasteiger partial charge in [0.05, 0.1) is 27.2 Å². The van der Waals surface area contributed by atoms with E-state index in [2.05, 4.69) is 6.92 Å². The Morgan fingerprint density at radius 1 is 0.708 bits per heavy atom. The molecule has 0 radical (unpaired) electrons. The molecule has 6 heteroatoms. The van der Waals surface area contributed by atoms with E-state index in [1.807, 2.05) is 14.1 Å². The lowest BCUT2D eigenvalue weighted by Crippen LogP contribution is -2.54. The molecule has 4 atom stereocenters. The Kier molecular flexibility index (Phi) is 12.9. The third-order valence-electron chi connectivity index (χ3n) is 4.62. The number of quaternary nitrogens is 1. The highest BCUT2D eigenvalue weighted by atomic mass is 16.4. The van der Waals surface area contributed by atoms with Crippen LogP contribution >= 0.6 is 0 Å². The number of hydrogen-bond acceptors (Lipinski definition) is 5. The molecular weight excluding hydrogens is 310 g/mol. The molecular formula is C18H40NO5+. The molecule has 0 aromatic carbocycles. The summed E-state index contributed by atoms with van der Waals surface area (Å²) in [5, 5.41) is 47.8. The molecule has 0 rings (SSSR count). The summed E-state index contributed by atoms with van der Waals surface area (Å²) in [5.74, 6) is 0. The molecule has 0 bridgehead atoms. The molecule has 4 unspecified atom stereocenters. The van der Waals surface area contributed by atoms with Gasteiger partial charge in [0.15, 0.2) is 0 Å². The third-order valence-corrected chi connectivity index (χ3v) is 4.62. The van der Waals surface area contributed by atoms with Crippen LogP contribution in [0.3, 0.4) is 0 Å². The molecule has 0 aliphatic heterocycles. The predicted octanol–water partition coefficient (Wildman–Crippen LogP) is 0.639. The molecule has 24 heavy (non-hydrogen) atoms. The van der Waals surface area contributed by atoms with Crippen molar-refractivity contribution in [3.8, 4) is 0 Å². The predicted molar refractivity (Wildman–Crippen MR) is 95.6 cm³/mol. The summed E-state index contributed by atoms with van der Waals surface area (Å²) >= 11 is 0. The summed E-state index contributed by atoms with van der Waals surface area (Å²) in [5.41, 5.74) is 0. The van der Waals surface area contributed by atoms with E-state index in [1.165, 1.54) is 38.5 Å². The van der Waals surface area contributed by atoms with Gasteiger partial charge in [-0.25, -0.2) is 0 Å². The second-order valence-electron chi connectivity index (χ2n) is 7.62. The van der Waals surface area contributed by atoms with E-state index in [4.69, 9.17) is 5.11 Å². The molecule has 0 aliphatic carbocycles. The SMILES string of the molecule is CCCCCCCCCC[N+](C)(C)CC(O)C(O)C(O)C(O)CO. The van der Waals surface area contributed by atoms with Crippen LogP contribution in [0.4, 0.5) is 0 Å². The largest absolute Gasteiger partial charge is 0.394 e. The van der Waals surface area contributed by atoms with Gasteiger partial charge in [0.25, 0.3) is 0 Å². The first-order valence-electron chi connectivity index (χ1n) is 9.40. The van der Waals surface area contributed by atoms with Gasteiger partial charge in [-0.3, -0.25) is 0 Å². The average molecular weight is 351 g/mol. The molecule has 5 N–H and O–H groups in total. The number of nitrogens with zero attached hydrogens (tertiary/aromatic N) is 1. The Morgan fingerprint density at radius 3 is 1.67 bits per heavy atom. The van der Waals surface area contributed by atoms with E-state index in [0.717, 1.165) is 19.4 Å². The maximum Gasteiger partial charge on any atom is 0.131 e. The van der Waals surface area contributed by atoms with Crippen molar-refractivity contribution in [1.82, 2.24) is 0 Å². The van der Waals surface area contributed by atoms with Crippen LogP contribution in [0.15, 0.2) is 0 Å². The zero-order valence-electron chi connectivity index (χ0n) is 15.8. The fourth-order valence-electron chi connectivity index (χ4n) is 2.94. The molecule has 0 aromatic rings. The maximum absolute atomic E-state index is 10.1. The second-order valence-corrected chi connectivity index (χ2v) is 7.62. The van der Waals surface area contributed by atoms with Gasteiger partial charge < -0.3 is 30.0 Å². The zero-order valence-corrected chi connectivity index (χ0v) is 15.8. The molecule has 0 fully saturated rings. The van der Waals surface area contributed by atoms with Crippen LogP contribution in [0.25, 0.3) is 0 Å². The molecule has 0 aromatic heterocycles. The zero-order chi connectivity index (χ0) is 18.6. The van der Waals surface area contributed by atoms with E-state index in [1.54, 1.807) is 0 Å². The lowest BCUT2D eigenvalue weighted by Gasteiger charge is -2.34. The van der Waals surface area contributed by atoms with Gasteiger partial charge in [-0.1, -0.05) is 45.4 Å². The molecule has 0 amide bonds. The summed E-state index contributed by atoms with van der Waals surface area (Å²) in [6, 6.07) is 0. The molecule has 0 saturated carbocycles. The van der Waals surface area contributed by atoms with E-state index in [-0.39, 0.29) is 6.54 Å². The Hall–Kier alpha value is -0.240. The maximum atomic E-state index is 10.1. The van der Waals surface area contributed by atoms with Gasteiger partial charge in [-0.05, 0) is 12.8 Å². The van der Waals surface area contributed by atoms with Crippen molar-refractivity contribution in [3.05, 3.63) is 0 Å². The highest BCUT2D eigenvalue weighted by molar-refractivity contribution is 4.80. The minimum absolute atomic E-state index is 0.285. The fourth-order valence-corrected chi connectivity index (χ4v) is 2.94. The van der Waals surface area contributed by atoms with Crippen LogP contribution in [0, 0.1) is 0 Å². The normalized spacial score (nSPS) is 17.5. The van der Waals surface area contributed by atoms with Crippen molar-refractivity contribution in [2.75, 3.05) is 33.8 Å². The first kappa shape index (κ1) is 23.8. The molecule has 0 saturated heterocycles. The van der Waals surface area contributed by atoms with E-state index < -0.39 is 31.0 Å². The van der Waals surface area contributed by atoms with Crippen molar-refractivity contribution >= 4 is 0 Å². The Balaban J connectivity index is 3.98. The minimum atomic E-state index is -1.55. The van der Waals surface area contributed by atoms with Gasteiger partial charge in [0.2, 0.25) is 0 Å². The molecule has 0 spiro atoms. The van der Waals surface area contributed by atoms with E-state index in [9.17, 15) is 20.4 Å². The van der Waals surface area contributed by atoms with Gasteiger partial charge in [-0.15, -0.1) is 0 Å². The Labute approximate surface area is 147 Å². The lowest BCUT2D eigenvalue weighted by atomic mass is 10.0. The topological polar surface area (TPSA) is 101 Å². The first-order valence-corrected chi connectivity index (χ1v) is 9.40. The Morgan fingerprint density at radius 2 is 1.17 bits per heavy atom. The standard InChI is InChI=1S/C18H40NO5/c1-4-5-6-7-8-9-10-11-12-19(2,3)13-15(21)17(23)18(24)16(22)14-20/h15-18,20-24H,4-14H2,1-3H3/q+1. The lowest BCUT2D eigenvalue weighted by molar-refractivity contribution is -0.894. The summed E-state index contributed by atoms with van der Waals surface area (Å²) in [6.07, 6.45) is 4.34. The monoisotopic (exact) mass is 350 g/mol. The van der Waals surface area contributed by atoms with Crippen molar-refractivity contribution in [2.24, 2.45) is 0 Å². The van der Waals surface area contributed by atoms with Crippen molar-refractivity contribution in [2.45, 2.75) is 82.7 Å². The average Bonchev–Trinajstić information content (AvgIpc) is 2.54. The van der Waals surface area contributed by atoms with Crippen LogP contribution in [0.1, 0.15) is 58.3 Å². The summed E-state index contributed by atoms with van der Waals surface area (Å²) in [7, 11) is 3.96. The Bertz CT molecular complexity index is 301. The number of unbranched alkanes of at least 4 members (excludes halogenated alkanes) is 7. The van der Waals surface area contributed by atoms with E-state index >= 15 is 0 Å². The molecule has 146 valence electrons. The van der Waals surface area contributed by atoms with Gasteiger partial charge >= 0.3 is 0 Å². The second kappa shape index (κ2) is 13.0. The molecule has 0 heterocycles. The van der Waals surface area contributed by atoms with Crippen LogP contribution in [0.2, 0.25) is 0 Å². The highest BCUT2D eigenvalue weighted by Crippen LogP contribution is 2.13. The highest BCUT2D eigenvalue weighted by Gasteiger charge is 2.33. The van der Waals surface area contributed by atoms with Crippen molar-refractivity contribution < 1.29 is 30.0 Å². The first-order chi connectivity index (χ1) is 11.2. The quantitative estimate of drug-likeness (QED) is 0.220. The minimum Gasteiger partial charge on any atom is -0.394 e.